The van der Waals surface area contributed by atoms with Gasteiger partial charge in [0.1, 0.15) is 0 Å². The second-order valence-corrected chi connectivity index (χ2v) is 5.25. The van der Waals surface area contributed by atoms with E-state index in [-0.39, 0.29) is 24.1 Å². The third kappa shape index (κ3) is 3.48. The molecule has 20 heavy (non-hydrogen) atoms. The number of amides is 1. The minimum absolute atomic E-state index is 0.0834. The maximum Gasteiger partial charge on any atom is 0.224 e. The molecule has 0 aliphatic heterocycles. The summed E-state index contributed by atoms with van der Waals surface area (Å²) in [5.41, 5.74) is 6.33. The van der Waals surface area contributed by atoms with Crippen LogP contribution in [-0.4, -0.2) is 25.6 Å². The smallest absolute Gasteiger partial charge is 0.224 e. The minimum Gasteiger partial charge on any atom is -0.494 e. The van der Waals surface area contributed by atoms with Gasteiger partial charge in [0.2, 0.25) is 5.91 Å². The van der Waals surface area contributed by atoms with Gasteiger partial charge in [-0.3, -0.25) is 4.79 Å². The molecular weight excluding hydrogens is 259 g/mol. The van der Waals surface area contributed by atoms with Gasteiger partial charge < -0.3 is 15.8 Å². The normalized spacial score (nSPS) is 21.8. The standard InChI is InChI=1S/C15H21FN2O2/c1-20-14-6-5-10(7-12(14)16)8-15(19)18-13-4-2-3-11(13)9-17/h5-7,11,13H,2-4,8-9,17H2,1H3,(H,18,19). The van der Waals surface area contributed by atoms with E-state index in [1.54, 1.807) is 6.07 Å². The molecule has 2 atom stereocenters. The Morgan fingerprint density at radius 3 is 2.95 bits per heavy atom. The average Bonchev–Trinajstić information content (AvgIpc) is 2.86. The number of methoxy groups -OCH3 is 1. The summed E-state index contributed by atoms with van der Waals surface area (Å²) in [6.45, 7) is 0.599. The van der Waals surface area contributed by atoms with E-state index in [9.17, 15) is 9.18 Å². The van der Waals surface area contributed by atoms with Crippen molar-refractivity contribution in [3.8, 4) is 5.75 Å². The van der Waals surface area contributed by atoms with Crippen molar-refractivity contribution in [1.82, 2.24) is 5.32 Å². The lowest BCUT2D eigenvalue weighted by Crippen LogP contribution is -2.40. The average molecular weight is 280 g/mol. The number of nitrogens with one attached hydrogen (secondary N) is 1. The third-order valence-electron chi connectivity index (χ3n) is 3.89. The lowest BCUT2D eigenvalue weighted by Gasteiger charge is -2.19. The molecule has 2 unspecified atom stereocenters. The summed E-state index contributed by atoms with van der Waals surface area (Å²) in [5.74, 6) is 0.0260. The monoisotopic (exact) mass is 280 g/mol. The summed E-state index contributed by atoms with van der Waals surface area (Å²) in [7, 11) is 1.41. The number of carbonyl (C=O) groups is 1. The van der Waals surface area contributed by atoms with Crippen LogP contribution in [0.1, 0.15) is 24.8 Å². The highest BCUT2D eigenvalue weighted by atomic mass is 19.1. The number of ether oxygens (including phenoxy) is 1. The Labute approximate surface area is 118 Å². The van der Waals surface area contributed by atoms with E-state index < -0.39 is 5.82 Å². The molecule has 0 aromatic heterocycles. The van der Waals surface area contributed by atoms with E-state index in [1.165, 1.54) is 19.2 Å². The molecular formula is C15H21FN2O2. The molecule has 0 bridgehead atoms. The van der Waals surface area contributed by atoms with E-state index in [4.69, 9.17) is 10.5 Å². The third-order valence-corrected chi connectivity index (χ3v) is 3.89. The molecule has 0 spiro atoms. The molecule has 1 aromatic carbocycles. The molecule has 0 saturated heterocycles. The first-order valence-corrected chi connectivity index (χ1v) is 6.96. The highest BCUT2D eigenvalue weighted by Gasteiger charge is 2.27. The van der Waals surface area contributed by atoms with Crippen molar-refractivity contribution in [2.45, 2.75) is 31.7 Å². The molecule has 1 aromatic rings. The number of hydrogen-bond acceptors (Lipinski definition) is 3. The fourth-order valence-corrected chi connectivity index (χ4v) is 2.77. The van der Waals surface area contributed by atoms with E-state index in [0.29, 0.717) is 18.0 Å². The van der Waals surface area contributed by atoms with Gasteiger partial charge in [0.25, 0.3) is 0 Å². The van der Waals surface area contributed by atoms with Gasteiger partial charge in [-0.2, -0.15) is 0 Å². The van der Waals surface area contributed by atoms with Crippen molar-refractivity contribution in [2.24, 2.45) is 11.7 Å². The van der Waals surface area contributed by atoms with Gasteiger partial charge in [-0.25, -0.2) is 4.39 Å². The molecule has 2 rings (SSSR count). The van der Waals surface area contributed by atoms with Crippen LogP contribution >= 0.6 is 0 Å². The van der Waals surface area contributed by atoms with Crippen LogP contribution in [-0.2, 0) is 11.2 Å². The van der Waals surface area contributed by atoms with Crippen molar-refractivity contribution in [3.05, 3.63) is 29.6 Å². The van der Waals surface area contributed by atoms with Crippen molar-refractivity contribution in [2.75, 3.05) is 13.7 Å². The molecule has 0 radical (unpaired) electrons. The van der Waals surface area contributed by atoms with Crippen LogP contribution in [0.5, 0.6) is 5.75 Å². The van der Waals surface area contributed by atoms with Crippen LogP contribution in [0.15, 0.2) is 18.2 Å². The predicted molar refractivity (Wildman–Crippen MR) is 75.0 cm³/mol. The zero-order valence-corrected chi connectivity index (χ0v) is 11.7. The largest absolute Gasteiger partial charge is 0.494 e. The molecule has 110 valence electrons. The van der Waals surface area contributed by atoms with Crippen LogP contribution in [0.2, 0.25) is 0 Å². The summed E-state index contributed by atoms with van der Waals surface area (Å²) in [5, 5.41) is 3.00. The predicted octanol–water partition coefficient (Wildman–Crippen LogP) is 1.62. The van der Waals surface area contributed by atoms with Crippen molar-refractivity contribution in [3.63, 3.8) is 0 Å². The molecule has 1 fully saturated rings. The molecule has 1 aliphatic rings. The maximum absolute atomic E-state index is 13.5. The summed E-state index contributed by atoms with van der Waals surface area (Å²) in [4.78, 5) is 12.0. The number of carbonyl (C=O) groups excluding carboxylic acids is 1. The Bertz CT molecular complexity index is 479. The molecule has 4 nitrogen and oxygen atoms in total. The number of nitrogens with two attached hydrogens (primary N) is 1. The van der Waals surface area contributed by atoms with Crippen LogP contribution in [0, 0.1) is 11.7 Å². The molecule has 3 N–H and O–H groups in total. The number of benzene rings is 1. The Morgan fingerprint density at radius 1 is 1.50 bits per heavy atom. The van der Waals surface area contributed by atoms with Gasteiger partial charge in [0.15, 0.2) is 11.6 Å². The van der Waals surface area contributed by atoms with Crippen molar-refractivity contribution < 1.29 is 13.9 Å². The highest BCUT2D eigenvalue weighted by Crippen LogP contribution is 2.24. The fraction of sp³-hybridized carbons (Fsp3) is 0.533. The first kappa shape index (κ1) is 14.8. The first-order chi connectivity index (χ1) is 9.63. The van der Waals surface area contributed by atoms with E-state index in [1.807, 2.05) is 0 Å². The van der Waals surface area contributed by atoms with Gasteiger partial charge in [-0.1, -0.05) is 12.5 Å². The Hall–Kier alpha value is -1.62. The topological polar surface area (TPSA) is 64.3 Å². The molecule has 1 amide bonds. The first-order valence-electron chi connectivity index (χ1n) is 6.96. The summed E-state index contributed by atoms with van der Waals surface area (Å²) < 4.78 is 18.4. The van der Waals surface area contributed by atoms with Crippen molar-refractivity contribution >= 4 is 5.91 Å². The number of hydrogen-bond donors (Lipinski definition) is 2. The zero-order valence-electron chi connectivity index (χ0n) is 11.7. The van der Waals surface area contributed by atoms with Gasteiger partial charge in [-0.15, -0.1) is 0 Å². The zero-order chi connectivity index (χ0) is 14.5. The molecule has 0 heterocycles. The quantitative estimate of drug-likeness (QED) is 0.861. The summed E-state index contributed by atoms with van der Waals surface area (Å²) in [6, 6.07) is 4.75. The van der Waals surface area contributed by atoms with Crippen molar-refractivity contribution in [1.29, 1.82) is 0 Å². The summed E-state index contributed by atoms with van der Waals surface area (Å²) in [6.07, 6.45) is 3.32. The van der Waals surface area contributed by atoms with Crippen LogP contribution < -0.4 is 15.8 Å². The lowest BCUT2D eigenvalue weighted by atomic mass is 10.0. The maximum atomic E-state index is 13.5. The second kappa shape index (κ2) is 6.70. The fourth-order valence-electron chi connectivity index (χ4n) is 2.77. The number of rotatable bonds is 5. The Kier molecular flexibility index (Phi) is 4.95. The van der Waals surface area contributed by atoms with E-state index in [2.05, 4.69) is 5.32 Å². The molecule has 1 aliphatic carbocycles. The van der Waals surface area contributed by atoms with Crippen LogP contribution in [0.25, 0.3) is 0 Å². The minimum atomic E-state index is -0.446. The van der Waals surface area contributed by atoms with Crippen LogP contribution in [0.3, 0.4) is 0 Å². The highest BCUT2D eigenvalue weighted by molar-refractivity contribution is 5.79. The summed E-state index contributed by atoms with van der Waals surface area (Å²) >= 11 is 0. The number of halogens is 1. The van der Waals surface area contributed by atoms with E-state index in [0.717, 1.165) is 19.3 Å². The van der Waals surface area contributed by atoms with Gasteiger partial charge in [0.05, 0.1) is 13.5 Å². The second-order valence-electron chi connectivity index (χ2n) is 5.25. The Morgan fingerprint density at radius 2 is 2.30 bits per heavy atom. The lowest BCUT2D eigenvalue weighted by molar-refractivity contribution is -0.121. The van der Waals surface area contributed by atoms with Gasteiger partial charge >= 0.3 is 0 Å². The van der Waals surface area contributed by atoms with Gasteiger partial charge in [0, 0.05) is 6.04 Å². The molecule has 5 heteroatoms. The molecule has 1 saturated carbocycles. The van der Waals surface area contributed by atoms with Gasteiger partial charge in [-0.05, 0) is 43.0 Å². The Balaban J connectivity index is 1.92. The SMILES string of the molecule is COc1ccc(CC(=O)NC2CCCC2CN)cc1F. The van der Waals surface area contributed by atoms with Crippen LogP contribution in [0.4, 0.5) is 4.39 Å². The van der Waals surface area contributed by atoms with E-state index >= 15 is 0 Å².